The summed E-state index contributed by atoms with van der Waals surface area (Å²) in [4.78, 5) is 12.0. The van der Waals surface area contributed by atoms with Gasteiger partial charge in [-0.15, -0.1) is 0 Å². The molecule has 1 aliphatic carbocycles. The number of aliphatic hydroxyl groups is 1. The Balaban J connectivity index is 1.88. The third-order valence-corrected chi connectivity index (χ3v) is 3.73. The number of nitrogen functional groups attached to an aromatic ring is 1. The molecule has 1 amide bonds. The molecule has 0 spiro atoms. The minimum atomic E-state index is -0.194. The Bertz CT molecular complexity index is 451. The molecule has 19 heavy (non-hydrogen) atoms. The Morgan fingerprint density at radius 3 is 2.84 bits per heavy atom. The molecule has 106 valence electrons. The van der Waals surface area contributed by atoms with E-state index in [9.17, 15) is 9.90 Å². The maximum Gasteiger partial charge on any atom is 0.242 e. The highest BCUT2D eigenvalue weighted by molar-refractivity contribution is 5.76. The van der Waals surface area contributed by atoms with Crippen LogP contribution in [0.3, 0.4) is 0 Å². The molecule has 1 fully saturated rings. The number of aromatic nitrogens is 2. The summed E-state index contributed by atoms with van der Waals surface area (Å²) in [6.07, 6.45) is 2.24. The van der Waals surface area contributed by atoms with Crippen molar-refractivity contribution >= 4 is 11.7 Å². The van der Waals surface area contributed by atoms with Crippen LogP contribution in [0.2, 0.25) is 0 Å². The summed E-state index contributed by atoms with van der Waals surface area (Å²) in [7, 11) is 0. The molecular weight excluding hydrogens is 244 g/mol. The van der Waals surface area contributed by atoms with Crippen LogP contribution in [0.1, 0.15) is 31.9 Å². The fourth-order valence-corrected chi connectivity index (χ4v) is 2.59. The lowest BCUT2D eigenvalue weighted by Gasteiger charge is -2.37. The van der Waals surface area contributed by atoms with Gasteiger partial charge < -0.3 is 16.2 Å². The van der Waals surface area contributed by atoms with Gasteiger partial charge in [0.05, 0.1) is 11.8 Å². The number of aliphatic hydroxyl groups excluding tert-OH is 1. The average molecular weight is 266 g/mol. The minimum Gasteiger partial charge on any atom is -0.393 e. The molecule has 1 aromatic rings. The van der Waals surface area contributed by atoms with Gasteiger partial charge >= 0.3 is 0 Å². The van der Waals surface area contributed by atoms with Crippen molar-refractivity contribution in [3.05, 3.63) is 11.8 Å². The van der Waals surface area contributed by atoms with Gasteiger partial charge in [0.15, 0.2) is 0 Å². The molecule has 6 nitrogen and oxygen atoms in total. The molecule has 0 saturated heterocycles. The number of hydrogen-bond donors (Lipinski definition) is 3. The number of carbonyl (C=O) groups excluding carboxylic acids is 1. The standard InChI is InChI=1S/C13H22N4O2/c1-3-11(9-5-10(18)6-9)15-13(19)7-17-12(14)4-8(2)16-17/h4,9-11,18H,3,5-7,14H2,1-2H3,(H,15,19)/t9?,10?,11-/m1/s1. The summed E-state index contributed by atoms with van der Waals surface area (Å²) in [5.74, 6) is 0.809. The lowest BCUT2D eigenvalue weighted by Crippen LogP contribution is -2.47. The Hall–Kier alpha value is -1.56. The molecule has 0 radical (unpaired) electrons. The monoisotopic (exact) mass is 266 g/mol. The van der Waals surface area contributed by atoms with Gasteiger partial charge in [-0.25, -0.2) is 4.68 Å². The highest BCUT2D eigenvalue weighted by Gasteiger charge is 2.33. The third kappa shape index (κ3) is 3.26. The first-order chi connectivity index (χ1) is 8.99. The van der Waals surface area contributed by atoms with E-state index in [1.165, 1.54) is 4.68 Å². The predicted octanol–water partition coefficient (Wildman–Crippen LogP) is 0.439. The maximum absolute atomic E-state index is 12.0. The highest BCUT2D eigenvalue weighted by atomic mass is 16.3. The second-order valence-electron chi connectivity index (χ2n) is 5.34. The van der Waals surface area contributed by atoms with Crippen molar-refractivity contribution in [3.8, 4) is 0 Å². The number of nitrogens with two attached hydrogens (primary N) is 1. The van der Waals surface area contributed by atoms with Gasteiger partial charge in [0.1, 0.15) is 12.4 Å². The first-order valence-corrected chi connectivity index (χ1v) is 6.77. The molecule has 1 aliphatic rings. The van der Waals surface area contributed by atoms with Crippen LogP contribution in [0, 0.1) is 12.8 Å². The number of hydrogen-bond acceptors (Lipinski definition) is 4. The molecule has 4 N–H and O–H groups in total. The molecule has 6 heteroatoms. The number of rotatable bonds is 5. The molecule has 2 rings (SSSR count). The molecule has 1 heterocycles. The zero-order valence-electron chi connectivity index (χ0n) is 11.5. The highest BCUT2D eigenvalue weighted by Crippen LogP contribution is 2.31. The van der Waals surface area contributed by atoms with Crippen LogP contribution in [-0.2, 0) is 11.3 Å². The molecule has 1 atom stereocenters. The average Bonchev–Trinajstić information content (AvgIpc) is 2.61. The molecule has 1 aromatic heterocycles. The van der Waals surface area contributed by atoms with Crippen molar-refractivity contribution in [2.75, 3.05) is 5.73 Å². The Morgan fingerprint density at radius 1 is 1.68 bits per heavy atom. The van der Waals surface area contributed by atoms with Crippen LogP contribution >= 0.6 is 0 Å². The van der Waals surface area contributed by atoms with E-state index in [-0.39, 0.29) is 24.6 Å². The fourth-order valence-electron chi connectivity index (χ4n) is 2.59. The van der Waals surface area contributed by atoms with Crippen LogP contribution in [0.25, 0.3) is 0 Å². The summed E-state index contributed by atoms with van der Waals surface area (Å²) >= 11 is 0. The van der Waals surface area contributed by atoms with Gasteiger partial charge in [-0.2, -0.15) is 5.10 Å². The normalized spacial score (nSPS) is 23.7. The van der Waals surface area contributed by atoms with Gasteiger partial charge in [-0.1, -0.05) is 6.92 Å². The zero-order chi connectivity index (χ0) is 14.0. The minimum absolute atomic E-state index is 0.0805. The number of nitrogens with one attached hydrogen (secondary N) is 1. The van der Waals surface area contributed by atoms with Crippen LogP contribution in [0.15, 0.2) is 6.07 Å². The number of carbonyl (C=O) groups is 1. The summed E-state index contributed by atoms with van der Waals surface area (Å²) in [5, 5.41) is 16.5. The summed E-state index contributed by atoms with van der Waals surface area (Å²) in [5.41, 5.74) is 6.56. The lowest BCUT2D eigenvalue weighted by atomic mass is 9.76. The van der Waals surface area contributed by atoms with Crippen molar-refractivity contribution in [3.63, 3.8) is 0 Å². The number of anilines is 1. The van der Waals surface area contributed by atoms with E-state index in [4.69, 9.17) is 5.73 Å². The third-order valence-electron chi connectivity index (χ3n) is 3.73. The Kier molecular flexibility index (Phi) is 4.09. The van der Waals surface area contributed by atoms with Gasteiger partial charge in [-0.3, -0.25) is 4.79 Å². The second-order valence-corrected chi connectivity index (χ2v) is 5.34. The topological polar surface area (TPSA) is 93.2 Å². The quantitative estimate of drug-likeness (QED) is 0.721. The van der Waals surface area contributed by atoms with Crippen LogP contribution < -0.4 is 11.1 Å². The van der Waals surface area contributed by atoms with Crippen LogP contribution in [0.4, 0.5) is 5.82 Å². The molecule has 0 aromatic carbocycles. The molecule has 0 aliphatic heterocycles. The van der Waals surface area contributed by atoms with Gasteiger partial charge in [0, 0.05) is 12.1 Å². The van der Waals surface area contributed by atoms with Gasteiger partial charge in [-0.05, 0) is 32.1 Å². The molecular formula is C13H22N4O2. The van der Waals surface area contributed by atoms with Gasteiger partial charge in [0.2, 0.25) is 5.91 Å². The van der Waals surface area contributed by atoms with Crippen LogP contribution in [-0.4, -0.2) is 32.9 Å². The number of nitrogens with zero attached hydrogens (tertiary/aromatic N) is 2. The van der Waals surface area contributed by atoms with Crippen molar-refractivity contribution < 1.29 is 9.90 Å². The van der Waals surface area contributed by atoms with E-state index in [0.29, 0.717) is 11.7 Å². The summed E-state index contributed by atoms with van der Waals surface area (Å²) < 4.78 is 1.51. The van der Waals surface area contributed by atoms with E-state index in [1.807, 2.05) is 13.8 Å². The summed E-state index contributed by atoms with van der Waals surface area (Å²) in [6, 6.07) is 1.88. The van der Waals surface area contributed by atoms with E-state index in [2.05, 4.69) is 10.4 Å². The zero-order valence-corrected chi connectivity index (χ0v) is 11.5. The molecule has 0 unspecified atom stereocenters. The van der Waals surface area contributed by atoms with E-state index >= 15 is 0 Å². The smallest absolute Gasteiger partial charge is 0.242 e. The molecule has 0 bridgehead atoms. The Labute approximate surface area is 113 Å². The SMILES string of the molecule is CC[C@@H](NC(=O)Cn1nc(C)cc1N)C1CC(O)C1. The number of aryl methyl sites for hydroxylation is 1. The van der Waals surface area contributed by atoms with E-state index in [1.54, 1.807) is 6.07 Å². The predicted molar refractivity (Wildman–Crippen MR) is 72.3 cm³/mol. The van der Waals surface area contributed by atoms with E-state index in [0.717, 1.165) is 25.0 Å². The first-order valence-electron chi connectivity index (χ1n) is 6.77. The number of amides is 1. The molecule has 1 saturated carbocycles. The van der Waals surface area contributed by atoms with E-state index < -0.39 is 0 Å². The van der Waals surface area contributed by atoms with Crippen molar-refractivity contribution in [1.82, 2.24) is 15.1 Å². The second kappa shape index (κ2) is 5.61. The largest absolute Gasteiger partial charge is 0.393 e. The van der Waals surface area contributed by atoms with Gasteiger partial charge in [0.25, 0.3) is 0 Å². The fraction of sp³-hybridized carbons (Fsp3) is 0.692. The summed E-state index contributed by atoms with van der Waals surface area (Å²) in [6.45, 7) is 4.03. The van der Waals surface area contributed by atoms with Crippen molar-refractivity contribution in [1.29, 1.82) is 0 Å². The maximum atomic E-state index is 12.0. The Morgan fingerprint density at radius 2 is 2.37 bits per heavy atom. The first kappa shape index (κ1) is 13.9. The van der Waals surface area contributed by atoms with Crippen LogP contribution in [0.5, 0.6) is 0 Å². The lowest BCUT2D eigenvalue weighted by molar-refractivity contribution is -0.123. The van der Waals surface area contributed by atoms with Crippen molar-refractivity contribution in [2.45, 2.75) is 51.8 Å². The van der Waals surface area contributed by atoms with Crippen molar-refractivity contribution in [2.24, 2.45) is 5.92 Å².